The number of fused-ring (bicyclic) bond motifs is 3. The fourth-order valence-electron chi connectivity index (χ4n) is 7.92. The Bertz CT molecular complexity index is 2980. The van der Waals surface area contributed by atoms with Crippen LogP contribution in [0.15, 0.2) is 224 Å². The van der Waals surface area contributed by atoms with Gasteiger partial charge in [0.25, 0.3) is 0 Å². The summed E-state index contributed by atoms with van der Waals surface area (Å²) in [6.45, 7) is 0. The zero-order valence-corrected chi connectivity index (χ0v) is 30.3. The first kappa shape index (κ1) is 32.4. The highest BCUT2D eigenvalue weighted by atomic mass is 15.1. The number of rotatable bonds is 7. The van der Waals surface area contributed by atoms with Gasteiger partial charge in [0, 0.05) is 16.9 Å². The van der Waals surface area contributed by atoms with E-state index in [0.29, 0.717) is 0 Å². The van der Waals surface area contributed by atoms with Crippen molar-refractivity contribution in [3.05, 3.63) is 224 Å². The second-order valence-corrected chi connectivity index (χ2v) is 14.2. The van der Waals surface area contributed by atoms with Gasteiger partial charge in [0.1, 0.15) is 0 Å². The van der Waals surface area contributed by atoms with Crippen LogP contribution >= 0.6 is 0 Å². The Labute approximate surface area is 322 Å². The number of hydrogen-bond acceptors (Lipinski definition) is 1. The van der Waals surface area contributed by atoms with Gasteiger partial charge in [-0.2, -0.15) is 0 Å². The minimum absolute atomic E-state index is 1.09. The molecule has 258 valence electrons. The third kappa shape index (κ3) is 6.33. The van der Waals surface area contributed by atoms with Crippen LogP contribution in [-0.2, 0) is 0 Å². The van der Waals surface area contributed by atoms with Crippen molar-refractivity contribution >= 4 is 49.4 Å². The first-order valence-electron chi connectivity index (χ1n) is 18.9. The summed E-state index contributed by atoms with van der Waals surface area (Å²) in [6, 6.07) is 81.7. The molecule has 10 aromatic carbocycles. The second kappa shape index (κ2) is 14.0. The first-order chi connectivity index (χ1) is 27.2. The zero-order chi connectivity index (χ0) is 36.6. The topological polar surface area (TPSA) is 3.24 Å². The monoisotopic (exact) mass is 699 g/mol. The zero-order valence-electron chi connectivity index (χ0n) is 30.3. The molecular weight excluding hydrogens is 663 g/mol. The first-order valence-corrected chi connectivity index (χ1v) is 18.9. The van der Waals surface area contributed by atoms with Gasteiger partial charge in [0.2, 0.25) is 0 Å². The van der Waals surface area contributed by atoms with Gasteiger partial charge in [0.05, 0.1) is 5.69 Å². The van der Waals surface area contributed by atoms with Crippen LogP contribution in [0, 0.1) is 0 Å². The van der Waals surface area contributed by atoms with Crippen molar-refractivity contribution in [1.29, 1.82) is 0 Å². The predicted octanol–water partition coefficient (Wildman–Crippen LogP) is 15.3. The van der Waals surface area contributed by atoms with Gasteiger partial charge in [-0.3, -0.25) is 0 Å². The summed E-state index contributed by atoms with van der Waals surface area (Å²) in [5, 5.41) is 7.45. The van der Waals surface area contributed by atoms with Crippen LogP contribution in [0.5, 0.6) is 0 Å². The molecule has 0 aliphatic heterocycles. The highest BCUT2D eigenvalue weighted by molar-refractivity contribution is 5.95. The minimum atomic E-state index is 1.09. The normalized spacial score (nSPS) is 11.3. The molecule has 1 heteroatoms. The Morgan fingerprint density at radius 3 is 1.20 bits per heavy atom. The van der Waals surface area contributed by atoms with Crippen molar-refractivity contribution in [2.24, 2.45) is 0 Å². The molecule has 0 N–H and O–H groups in total. The van der Waals surface area contributed by atoms with Gasteiger partial charge in [-0.25, -0.2) is 0 Å². The second-order valence-electron chi connectivity index (χ2n) is 14.2. The van der Waals surface area contributed by atoms with Gasteiger partial charge in [-0.15, -0.1) is 0 Å². The van der Waals surface area contributed by atoms with Gasteiger partial charge < -0.3 is 4.90 Å². The van der Waals surface area contributed by atoms with Crippen LogP contribution < -0.4 is 4.90 Å². The SMILES string of the molecule is c1ccc(-c2ccc(-c3ccc4ccccc4c3)cc2N(c2ccc(-c3ccc4ccccc4c3)cc2)c2cccc(-c3ccc4ccccc4c3)c2)cc1. The average molecular weight is 700 g/mol. The maximum atomic E-state index is 2.43. The summed E-state index contributed by atoms with van der Waals surface area (Å²) in [4.78, 5) is 2.43. The largest absolute Gasteiger partial charge is 0.310 e. The fraction of sp³-hybridized carbons (Fsp3) is 0. The molecule has 55 heavy (non-hydrogen) atoms. The lowest BCUT2D eigenvalue weighted by molar-refractivity contribution is 1.28. The van der Waals surface area contributed by atoms with Crippen LogP contribution in [0.25, 0.3) is 76.8 Å². The van der Waals surface area contributed by atoms with E-state index in [2.05, 4.69) is 229 Å². The molecule has 0 aliphatic rings. The molecule has 0 bridgehead atoms. The van der Waals surface area contributed by atoms with Crippen molar-refractivity contribution < 1.29 is 0 Å². The molecule has 0 aromatic heterocycles. The molecule has 0 saturated carbocycles. The maximum Gasteiger partial charge on any atom is 0.0546 e. The van der Waals surface area contributed by atoms with E-state index in [9.17, 15) is 0 Å². The summed E-state index contributed by atoms with van der Waals surface area (Å²) in [5.41, 5.74) is 12.8. The number of hydrogen-bond donors (Lipinski definition) is 0. The third-order valence-electron chi connectivity index (χ3n) is 10.8. The van der Waals surface area contributed by atoms with Gasteiger partial charge in [-0.05, 0) is 120 Å². The van der Waals surface area contributed by atoms with Crippen molar-refractivity contribution in [1.82, 2.24) is 0 Å². The smallest absolute Gasteiger partial charge is 0.0546 e. The van der Waals surface area contributed by atoms with Gasteiger partial charge >= 0.3 is 0 Å². The Balaban J connectivity index is 1.16. The molecule has 0 atom stereocenters. The van der Waals surface area contributed by atoms with Crippen molar-refractivity contribution in [2.75, 3.05) is 4.90 Å². The fourth-order valence-corrected chi connectivity index (χ4v) is 7.92. The predicted molar refractivity (Wildman–Crippen MR) is 235 cm³/mol. The van der Waals surface area contributed by atoms with E-state index < -0.39 is 0 Å². The van der Waals surface area contributed by atoms with Gasteiger partial charge in [-0.1, -0.05) is 176 Å². The van der Waals surface area contributed by atoms with E-state index in [1.54, 1.807) is 0 Å². The molecule has 0 fully saturated rings. The Morgan fingerprint density at radius 1 is 0.218 bits per heavy atom. The molecule has 0 saturated heterocycles. The molecule has 0 radical (unpaired) electrons. The number of anilines is 3. The molecule has 0 aliphatic carbocycles. The highest BCUT2D eigenvalue weighted by Gasteiger charge is 2.20. The van der Waals surface area contributed by atoms with E-state index in [1.807, 2.05) is 0 Å². The lowest BCUT2D eigenvalue weighted by atomic mass is 9.95. The van der Waals surface area contributed by atoms with Crippen molar-refractivity contribution in [3.8, 4) is 44.5 Å². The third-order valence-corrected chi connectivity index (χ3v) is 10.8. The van der Waals surface area contributed by atoms with E-state index >= 15 is 0 Å². The molecule has 1 nitrogen and oxygen atoms in total. The van der Waals surface area contributed by atoms with E-state index in [1.165, 1.54) is 76.8 Å². The van der Waals surface area contributed by atoms with E-state index in [4.69, 9.17) is 0 Å². The summed E-state index contributed by atoms with van der Waals surface area (Å²) in [5.74, 6) is 0. The summed E-state index contributed by atoms with van der Waals surface area (Å²) in [7, 11) is 0. The van der Waals surface area contributed by atoms with Gasteiger partial charge in [0.15, 0.2) is 0 Å². The van der Waals surface area contributed by atoms with E-state index in [0.717, 1.165) is 17.1 Å². The lowest BCUT2D eigenvalue weighted by Crippen LogP contribution is -2.11. The molecule has 0 heterocycles. The van der Waals surface area contributed by atoms with Crippen LogP contribution in [-0.4, -0.2) is 0 Å². The lowest BCUT2D eigenvalue weighted by Gasteiger charge is -2.29. The number of benzene rings is 10. The van der Waals surface area contributed by atoms with Crippen LogP contribution in [0.1, 0.15) is 0 Å². The quantitative estimate of drug-likeness (QED) is 0.160. The van der Waals surface area contributed by atoms with Crippen LogP contribution in [0.2, 0.25) is 0 Å². The van der Waals surface area contributed by atoms with Crippen molar-refractivity contribution in [2.45, 2.75) is 0 Å². The van der Waals surface area contributed by atoms with Crippen LogP contribution in [0.4, 0.5) is 17.1 Å². The molecule has 10 rings (SSSR count). The Morgan fingerprint density at radius 2 is 0.636 bits per heavy atom. The molecular formula is C54H37N. The van der Waals surface area contributed by atoms with E-state index in [-0.39, 0.29) is 0 Å². The minimum Gasteiger partial charge on any atom is -0.310 e. The summed E-state index contributed by atoms with van der Waals surface area (Å²) in [6.07, 6.45) is 0. The summed E-state index contributed by atoms with van der Waals surface area (Å²) < 4.78 is 0. The standard InChI is InChI=1S/C54H37N/c1-2-14-42(15-3-1)53-32-29-50(49-26-23-40-13-6-9-18-45(40)35-49)37-54(53)55(51-30-27-41(28-31-51)47-24-21-38-11-4-7-16-43(38)33-47)52-20-10-19-46(36-52)48-25-22-39-12-5-8-17-44(39)34-48/h1-37H. The summed E-state index contributed by atoms with van der Waals surface area (Å²) >= 11 is 0. The average Bonchev–Trinajstić information content (AvgIpc) is 3.26. The Kier molecular flexibility index (Phi) is 8.24. The Hall–Kier alpha value is -7.22. The molecule has 0 unspecified atom stereocenters. The molecule has 10 aromatic rings. The highest BCUT2D eigenvalue weighted by Crippen LogP contribution is 2.44. The van der Waals surface area contributed by atoms with Crippen LogP contribution in [0.3, 0.4) is 0 Å². The maximum absolute atomic E-state index is 2.43. The van der Waals surface area contributed by atoms with Crippen molar-refractivity contribution in [3.63, 3.8) is 0 Å². The number of nitrogens with zero attached hydrogens (tertiary/aromatic N) is 1. The molecule has 0 amide bonds. The molecule has 0 spiro atoms.